The average molecular weight is 470 g/mol. The number of para-hydroxylation sites is 1. The van der Waals surface area contributed by atoms with E-state index in [1.54, 1.807) is 60.7 Å². The number of nitrogens with one attached hydrogen (secondary N) is 2. The number of benzene rings is 3. The summed E-state index contributed by atoms with van der Waals surface area (Å²) in [5.41, 5.74) is 3.95. The van der Waals surface area contributed by atoms with Gasteiger partial charge in [0.05, 0.1) is 16.8 Å². The molecule has 3 rings (SSSR count). The number of carbonyl (C=O) groups is 3. The zero-order valence-corrected chi connectivity index (χ0v) is 18.3. The summed E-state index contributed by atoms with van der Waals surface area (Å²) >= 11 is 12.0. The Morgan fingerprint density at radius 2 is 1.62 bits per heavy atom. The number of anilines is 1. The van der Waals surface area contributed by atoms with Crippen molar-refractivity contribution in [3.8, 4) is 5.75 Å². The van der Waals surface area contributed by atoms with Gasteiger partial charge in [0.1, 0.15) is 5.75 Å². The number of amides is 2. The Kier molecular flexibility index (Phi) is 7.59. The van der Waals surface area contributed by atoms with Crippen LogP contribution < -0.4 is 15.5 Å². The largest absolute Gasteiger partial charge is 0.422 e. The van der Waals surface area contributed by atoms with Gasteiger partial charge in [0.15, 0.2) is 0 Å². The number of ether oxygens (including phenoxy) is 1. The Balaban J connectivity index is 1.63. The number of rotatable bonds is 5. The summed E-state index contributed by atoms with van der Waals surface area (Å²) in [5.74, 6) is -2.34. The van der Waals surface area contributed by atoms with E-state index in [1.807, 2.05) is 6.92 Å². The van der Waals surface area contributed by atoms with Crippen LogP contribution in [-0.4, -0.2) is 24.0 Å². The summed E-state index contributed by atoms with van der Waals surface area (Å²) in [6.45, 7) is 1.82. The molecule has 0 fully saturated rings. The van der Waals surface area contributed by atoms with Crippen LogP contribution in [0.4, 0.5) is 5.69 Å². The molecule has 32 heavy (non-hydrogen) atoms. The third kappa shape index (κ3) is 5.94. The number of aryl methyl sites for hydroxylation is 1. The summed E-state index contributed by atoms with van der Waals surface area (Å²) in [7, 11) is 0. The lowest BCUT2D eigenvalue weighted by molar-refractivity contribution is -0.136. The van der Waals surface area contributed by atoms with Gasteiger partial charge >= 0.3 is 17.8 Å². The van der Waals surface area contributed by atoms with Gasteiger partial charge < -0.3 is 10.1 Å². The van der Waals surface area contributed by atoms with Gasteiger partial charge in [0.25, 0.3) is 0 Å². The van der Waals surface area contributed by atoms with E-state index in [-0.39, 0.29) is 16.3 Å². The van der Waals surface area contributed by atoms with Crippen molar-refractivity contribution >= 4 is 52.9 Å². The van der Waals surface area contributed by atoms with E-state index in [0.717, 1.165) is 5.56 Å². The summed E-state index contributed by atoms with van der Waals surface area (Å²) in [6.07, 6.45) is 1.25. The van der Waals surface area contributed by atoms with E-state index < -0.39 is 17.8 Å². The second-order valence-electron chi connectivity index (χ2n) is 6.52. The molecular weight excluding hydrogens is 453 g/mol. The highest BCUT2D eigenvalue weighted by molar-refractivity contribution is 6.40. The van der Waals surface area contributed by atoms with E-state index in [1.165, 1.54) is 12.3 Å². The molecule has 0 spiro atoms. The number of halogens is 2. The summed E-state index contributed by atoms with van der Waals surface area (Å²) in [6, 6.07) is 17.9. The van der Waals surface area contributed by atoms with Crippen LogP contribution >= 0.6 is 23.2 Å². The number of hydrogen-bond donors (Lipinski definition) is 2. The van der Waals surface area contributed by atoms with Gasteiger partial charge in [0, 0.05) is 16.3 Å². The van der Waals surface area contributed by atoms with Gasteiger partial charge in [-0.05, 0) is 48.9 Å². The maximum Gasteiger partial charge on any atom is 0.345 e. The minimum absolute atomic E-state index is 0.203. The zero-order chi connectivity index (χ0) is 23.1. The van der Waals surface area contributed by atoms with Crippen LogP contribution in [0.2, 0.25) is 10.0 Å². The Morgan fingerprint density at radius 1 is 0.906 bits per heavy atom. The van der Waals surface area contributed by atoms with Crippen molar-refractivity contribution in [1.29, 1.82) is 0 Å². The second kappa shape index (κ2) is 10.6. The van der Waals surface area contributed by atoms with Gasteiger partial charge in [-0.3, -0.25) is 9.59 Å². The van der Waals surface area contributed by atoms with Gasteiger partial charge in [-0.1, -0.05) is 53.5 Å². The highest BCUT2D eigenvalue weighted by Crippen LogP contribution is 2.21. The maximum absolute atomic E-state index is 12.4. The minimum Gasteiger partial charge on any atom is -0.422 e. The van der Waals surface area contributed by atoms with Crippen LogP contribution in [-0.2, 0) is 9.59 Å². The first-order chi connectivity index (χ1) is 15.3. The Bertz CT molecular complexity index is 1210. The molecule has 0 saturated carbocycles. The SMILES string of the molecule is Cc1ccc(NC(=O)C(=O)N/N=C/c2ccccc2OC(=O)c2ccccc2Cl)cc1Cl. The molecule has 0 radical (unpaired) electrons. The molecule has 0 bridgehead atoms. The number of carbonyl (C=O) groups excluding carboxylic acids is 3. The minimum atomic E-state index is -0.983. The van der Waals surface area contributed by atoms with Crippen molar-refractivity contribution in [3.63, 3.8) is 0 Å². The van der Waals surface area contributed by atoms with Crippen LogP contribution in [0.15, 0.2) is 71.8 Å². The van der Waals surface area contributed by atoms with Crippen LogP contribution in [0.3, 0.4) is 0 Å². The highest BCUT2D eigenvalue weighted by atomic mass is 35.5. The topological polar surface area (TPSA) is 96.9 Å². The van der Waals surface area contributed by atoms with Gasteiger partial charge in [-0.15, -0.1) is 0 Å². The van der Waals surface area contributed by atoms with Crippen molar-refractivity contribution in [1.82, 2.24) is 5.43 Å². The molecule has 0 aliphatic carbocycles. The predicted molar refractivity (Wildman–Crippen MR) is 123 cm³/mol. The maximum atomic E-state index is 12.4. The zero-order valence-electron chi connectivity index (χ0n) is 16.8. The monoisotopic (exact) mass is 469 g/mol. The quantitative estimate of drug-likeness (QED) is 0.187. The van der Waals surface area contributed by atoms with Gasteiger partial charge in [-0.2, -0.15) is 5.10 Å². The number of esters is 1. The summed E-state index contributed by atoms with van der Waals surface area (Å²) in [5, 5.41) is 6.92. The summed E-state index contributed by atoms with van der Waals surface area (Å²) in [4.78, 5) is 36.4. The van der Waals surface area contributed by atoms with Crippen molar-refractivity contribution in [2.75, 3.05) is 5.32 Å². The van der Waals surface area contributed by atoms with Gasteiger partial charge in [-0.25, -0.2) is 10.2 Å². The van der Waals surface area contributed by atoms with Gasteiger partial charge in [0.2, 0.25) is 0 Å². The van der Waals surface area contributed by atoms with Crippen molar-refractivity contribution in [2.24, 2.45) is 5.10 Å². The predicted octanol–water partition coefficient (Wildman–Crippen LogP) is 4.61. The molecule has 0 aliphatic rings. The molecule has 9 heteroatoms. The molecule has 7 nitrogen and oxygen atoms in total. The van der Waals surface area contributed by atoms with Crippen molar-refractivity contribution in [3.05, 3.63) is 93.5 Å². The third-order valence-electron chi connectivity index (χ3n) is 4.22. The molecule has 0 saturated heterocycles. The number of hydrogen-bond acceptors (Lipinski definition) is 5. The van der Waals surface area contributed by atoms with Crippen LogP contribution in [0, 0.1) is 6.92 Å². The first-order valence-electron chi connectivity index (χ1n) is 9.31. The Hall–Kier alpha value is -3.68. The van der Waals surface area contributed by atoms with E-state index in [2.05, 4.69) is 15.8 Å². The summed E-state index contributed by atoms with van der Waals surface area (Å²) < 4.78 is 5.40. The lowest BCUT2D eigenvalue weighted by atomic mass is 10.2. The second-order valence-corrected chi connectivity index (χ2v) is 7.34. The fourth-order valence-electron chi connectivity index (χ4n) is 2.53. The number of nitrogens with zero attached hydrogens (tertiary/aromatic N) is 1. The average Bonchev–Trinajstić information content (AvgIpc) is 2.77. The molecule has 3 aromatic rings. The van der Waals surface area contributed by atoms with E-state index >= 15 is 0 Å². The fraction of sp³-hybridized carbons (Fsp3) is 0.0435. The third-order valence-corrected chi connectivity index (χ3v) is 4.96. The highest BCUT2D eigenvalue weighted by Gasteiger charge is 2.15. The smallest absolute Gasteiger partial charge is 0.345 e. The Morgan fingerprint density at radius 3 is 2.38 bits per heavy atom. The van der Waals surface area contributed by atoms with Crippen LogP contribution in [0.25, 0.3) is 0 Å². The van der Waals surface area contributed by atoms with E-state index in [9.17, 15) is 14.4 Å². The normalized spacial score (nSPS) is 10.6. The molecule has 3 aromatic carbocycles. The van der Waals surface area contributed by atoms with Crippen molar-refractivity contribution in [2.45, 2.75) is 6.92 Å². The molecule has 0 aromatic heterocycles. The molecular formula is C23H17Cl2N3O4. The van der Waals surface area contributed by atoms with E-state index in [4.69, 9.17) is 27.9 Å². The number of hydrazone groups is 1. The molecule has 0 unspecified atom stereocenters. The molecule has 162 valence electrons. The molecule has 0 heterocycles. The van der Waals surface area contributed by atoms with Crippen LogP contribution in [0.1, 0.15) is 21.5 Å². The van der Waals surface area contributed by atoms with Crippen molar-refractivity contribution < 1.29 is 19.1 Å². The standard InChI is InChI=1S/C23H17Cl2N3O4/c1-14-10-11-16(12-19(14)25)27-21(29)22(30)28-26-13-15-6-2-5-9-20(15)32-23(31)17-7-3-4-8-18(17)24/h2-13H,1H3,(H,27,29)(H,28,30)/b26-13+. The Labute approximate surface area is 194 Å². The lowest BCUT2D eigenvalue weighted by Crippen LogP contribution is -2.32. The molecule has 0 aliphatic heterocycles. The van der Waals surface area contributed by atoms with Crippen LogP contribution in [0.5, 0.6) is 5.75 Å². The van der Waals surface area contributed by atoms with E-state index in [0.29, 0.717) is 16.3 Å². The molecule has 0 atom stereocenters. The fourth-order valence-corrected chi connectivity index (χ4v) is 2.92. The molecule has 2 amide bonds. The first kappa shape index (κ1) is 23.0. The molecule has 2 N–H and O–H groups in total. The first-order valence-corrected chi connectivity index (χ1v) is 10.1. The lowest BCUT2D eigenvalue weighted by Gasteiger charge is -2.08.